The Balaban J connectivity index is 3.18. The first kappa shape index (κ1) is 7.16. The zero-order chi connectivity index (χ0) is 6.57. The maximum absolute atomic E-state index is 9.90. The molecule has 0 spiro atoms. The summed E-state index contributed by atoms with van der Waals surface area (Å²) in [5, 5.41) is 2.22. The number of thiocarbonyl (C=S) groups is 1. The Morgan fingerprint density at radius 3 is 2.25 bits per heavy atom. The predicted molar refractivity (Wildman–Crippen MR) is 34.4 cm³/mol. The van der Waals surface area contributed by atoms with Crippen LogP contribution in [0.5, 0.6) is 0 Å². The van der Waals surface area contributed by atoms with Crippen LogP contribution in [0.4, 0.5) is 4.79 Å². The Kier molecular flexibility index (Phi) is 2.86. The Labute approximate surface area is 52.2 Å². The Morgan fingerprint density at radius 1 is 1.62 bits per heavy atom. The van der Waals surface area contributed by atoms with Crippen LogP contribution in [0.2, 0.25) is 0 Å². The molecular formula is C3H7N3OS. The molecule has 0 saturated carbocycles. The first-order valence-corrected chi connectivity index (χ1v) is 2.35. The van der Waals surface area contributed by atoms with Gasteiger partial charge in [0.2, 0.25) is 0 Å². The highest BCUT2D eigenvalue weighted by Gasteiger charge is 1.89. The van der Waals surface area contributed by atoms with Gasteiger partial charge in [-0.15, -0.1) is 0 Å². The highest BCUT2D eigenvalue weighted by atomic mass is 32.1. The number of primary amides is 1. The van der Waals surface area contributed by atoms with Gasteiger partial charge < -0.3 is 16.8 Å². The third-order valence-electron chi connectivity index (χ3n) is 0.437. The highest BCUT2D eigenvalue weighted by Crippen LogP contribution is 1.60. The second kappa shape index (κ2) is 3.20. The minimum Gasteiger partial charge on any atom is -0.392 e. The van der Waals surface area contributed by atoms with E-state index < -0.39 is 6.03 Å². The molecule has 0 bridgehead atoms. The molecule has 0 aliphatic rings. The quantitative estimate of drug-likeness (QED) is 0.420. The van der Waals surface area contributed by atoms with E-state index in [9.17, 15) is 4.79 Å². The zero-order valence-corrected chi connectivity index (χ0v) is 4.99. The van der Waals surface area contributed by atoms with Crippen LogP contribution in [0.1, 0.15) is 0 Å². The van der Waals surface area contributed by atoms with Crippen LogP contribution in [0.3, 0.4) is 0 Å². The summed E-state index contributed by atoms with van der Waals surface area (Å²) in [5.41, 5.74) is 9.68. The van der Waals surface area contributed by atoms with E-state index in [0.29, 0.717) is 0 Å². The van der Waals surface area contributed by atoms with E-state index in [0.717, 1.165) is 0 Å². The number of hydrogen-bond donors (Lipinski definition) is 3. The van der Waals surface area contributed by atoms with Gasteiger partial charge in [-0.05, 0) is 0 Å². The van der Waals surface area contributed by atoms with Gasteiger partial charge in [0.05, 0.1) is 11.5 Å². The van der Waals surface area contributed by atoms with Crippen LogP contribution in [0.15, 0.2) is 0 Å². The van der Waals surface area contributed by atoms with Crippen LogP contribution >= 0.6 is 12.2 Å². The first-order valence-electron chi connectivity index (χ1n) is 1.94. The summed E-state index contributed by atoms with van der Waals surface area (Å²) < 4.78 is 0. The molecule has 0 aliphatic heterocycles. The van der Waals surface area contributed by atoms with Gasteiger partial charge in [-0.1, -0.05) is 12.2 Å². The van der Waals surface area contributed by atoms with E-state index in [1.165, 1.54) is 0 Å². The molecule has 0 aromatic carbocycles. The average molecular weight is 133 g/mol. The van der Waals surface area contributed by atoms with E-state index in [1.807, 2.05) is 0 Å². The summed E-state index contributed by atoms with van der Waals surface area (Å²) >= 11 is 4.42. The number of carbonyl (C=O) groups is 1. The second-order valence-electron chi connectivity index (χ2n) is 1.18. The molecule has 0 saturated heterocycles. The largest absolute Gasteiger partial charge is 0.392 e. The van der Waals surface area contributed by atoms with Crippen molar-refractivity contribution in [1.29, 1.82) is 0 Å². The smallest absolute Gasteiger partial charge is 0.312 e. The van der Waals surface area contributed by atoms with Crippen LogP contribution < -0.4 is 16.8 Å². The summed E-state index contributed by atoms with van der Waals surface area (Å²) in [6.45, 7) is 0.171. The number of urea groups is 1. The van der Waals surface area contributed by atoms with Gasteiger partial charge in [0.1, 0.15) is 0 Å². The minimum absolute atomic E-state index is 0.171. The molecule has 0 radical (unpaired) electrons. The van der Waals surface area contributed by atoms with Crippen LogP contribution in [-0.2, 0) is 0 Å². The molecule has 4 nitrogen and oxygen atoms in total. The number of rotatable bonds is 2. The van der Waals surface area contributed by atoms with Gasteiger partial charge >= 0.3 is 6.03 Å². The van der Waals surface area contributed by atoms with E-state index in [-0.39, 0.29) is 11.5 Å². The molecule has 0 aromatic heterocycles. The summed E-state index contributed by atoms with van der Waals surface area (Å²) in [6, 6.07) is -0.613. The van der Waals surface area contributed by atoms with Gasteiger partial charge in [0.15, 0.2) is 0 Å². The average Bonchev–Trinajstić information content (AvgIpc) is 1.61. The van der Waals surface area contributed by atoms with Gasteiger partial charge in [0.25, 0.3) is 0 Å². The van der Waals surface area contributed by atoms with Crippen molar-refractivity contribution < 1.29 is 4.79 Å². The Hall–Kier alpha value is -0.840. The summed E-state index contributed by atoms with van der Waals surface area (Å²) in [4.78, 5) is 10.1. The van der Waals surface area contributed by atoms with E-state index in [1.54, 1.807) is 0 Å². The Morgan fingerprint density at radius 2 is 2.12 bits per heavy atom. The second-order valence-corrected chi connectivity index (χ2v) is 1.71. The van der Waals surface area contributed by atoms with Crippen LogP contribution in [0, 0.1) is 0 Å². The van der Waals surface area contributed by atoms with E-state index in [2.05, 4.69) is 23.3 Å². The van der Waals surface area contributed by atoms with Gasteiger partial charge in [0, 0.05) is 0 Å². The molecule has 0 aliphatic carbocycles. The molecule has 0 rings (SSSR count). The Bertz CT molecular complexity index is 99.1. The van der Waals surface area contributed by atoms with Crippen molar-refractivity contribution in [2.75, 3.05) is 6.54 Å². The summed E-state index contributed by atoms with van der Waals surface area (Å²) in [7, 11) is 0. The lowest BCUT2D eigenvalue weighted by atomic mass is 10.6. The topological polar surface area (TPSA) is 81.1 Å². The minimum atomic E-state index is -0.613. The molecule has 0 unspecified atom stereocenters. The molecule has 2 amide bonds. The van der Waals surface area contributed by atoms with Crippen molar-refractivity contribution in [3.05, 3.63) is 0 Å². The molecule has 8 heavy (non-hydrogen) atoms. The molecule has 46 valence electrons. The van der Waals surface area contributed by atoms with Crippen molar-refractivity contribution >= 4 is 23.2 Å². The molecule has 0 heterocycles. The van der Waals surface area contributed by atoms with Gasteiger partial charge in [-0.25, -0.2) is 4.79 Å². The van der Waals surface area contributed by atoms with Crippen molar-refractivity contribution in [3.8, 4) is 0 Å². The molecule has 0 aromatic rings. The standard InChI is InChI=1S/C3H7N3OS/c4-2(8)1-6-3(5)7/h1H2,(H2,4,8)(H3,5,6,7). The normalized spacial score (nSPS) is 8.00. The monoisotopic (exact) mass is 133 g/mol. The lowest BCUT2D eigenvalue weighted by Crippen LogP contribution is -2.35. The molecular weight excluding hydrogens is 126 g/mol. The third-order valence-corrected chi connectivity index (χ3v) is 0.581. The number of carbonyl (C=O) groups excluding carboxylic acids is 1. The summed E-state index contributed by atoms with van der Waals surface area (Å²) in [5.74, 6) is 0. The lowest BCUT2D eigenvalue weighted by molar-refractivity contribution is 0.250. The maximum atomic E-state index is 9.90. The molecule has 0 atom stereocenters. The van der Waals surface area contributed by atoms with Crippen molar-refractivity contribution in [1.82, 2.24) is 5.32 Å². The number of amides is 2. The summed E-state index contributed by atoms with van der Waals surface area (Å²) in [6.07, 6.45) is 0. The fourth-order valence-electron chi connectivity index (χ4n) is 0.174. The number of hydrogen-bond acceptors (Lipinski definition) is 2. The maximum Gasteiger partial charge on any atom is 0.312 e. The van der Waals surface area contributed by atoms with Crippen molar-refractivity contribution in [3.63, 3.8) is 0 Å². The van der Waals surface area contributed by atoms with Gasteiger partial charge in [-0.2, -0.15) is 0 Å². The van der Waals surface area contributed by atoms with Crippen LogP contribution in [0.25, 0.3) is 0 Å². The molecule has 0 fully saturated rings. The number of nitrogens with two attached hydrogens (primary N) is 2. The molecule has 5 heteroatoms. The van der Waals surface area contributed by atoms with Crippen molar-refractivity contribution in [2.45, 2.75) is 0 Å². The fraction of sp³-hybridized carbons (Fsp3) is 0.333. The molecule has 5 N–H and O–H groups in total. The van der Waals surface area contributed by atoms with Crippen molar-refractivity contribution in [2.24, 2.45) is 11.5 Å². The SMILES string of the molecule is NC(=O)NCC(N)=S. The predicted octanol–water partition coefficient (Wildman–Crippen LogP) is -1.06. The highest BCUT2D eigenvalue weighted by molar-refractivity contribution is 7.80. The third kappa shape index (κ3) is 5.16. The first-order chi connectivity index (χ1) is 3.63. The van der Waals surface area contributed by atoms with E-state index >= 15 is 0 Å². The van der Waals surface area contributed by atoms with Gasteiger partial charge in [-0.3, -0.25) is 0 Å². The lowest BCUT2D eigenvalue weighted by Gasteiger charge is -1.95. The fourth-order valence-corrected chi connectivity index (χ4v) is 0.246. The van der Waals surface area contributed by atoms with Crippen LogP contribution in [-0.4, -0.2) is 17.6 Å². The zero-order valence-electron chi connectivity index (χ0n) is 4.18. The number of nitrogens with one attached hydrogen (secondary N) is 1. The van der Waals surface area contributed by atoms with E-state index in [4.69, 9.17) is 5.73 Å².